The summed E-state index contributed by atoms with van der Waals surface area (Å²) in [6, 6.07) is 13.3. The Morgan fingerprint density at radius 2 is 1.79 bits per heavy atom. The molecule has 4 N–H and O–H groups in total. The van der Waals surface area contributed by atoms with Crippen LogP contribution in [0.1, 0.15) is 33.3 Å². The molecule has 0 saturated carbocycles. The number of hydrogen-bond acceptors (Lipinski definition) is 5. The van der Waals surface area contributed by atoms with Crippen molar-refractivity contribution in [3.63, 3.8) is 0 Å². The average Bonchev–Trinajstić information content (AvgIpc) is 2.91. The van der Waals surface area contributed by atoms with Gasteiger partial charge in [-0.05, 0) is 51.1 Å². The number of aliphatic hydroxyl groups is 1. The Labute approximate surface area is 224 Å². The molecule has 0 radical (unpaired) electrons. The number of benzene rings is 2. The van der Waals surface area contributed by atoms with Crippen LogP contribution in [0.5, 0.6) is 5.75 Å². The highest BCUT2D eigenvalue weighted by molar-refractivity contribution is 5.99. The van der Waals surface area contributed by atoms with E-state index in [1.165, 1.54) is 0 Å². The Kier molecular flexibility index (Phi) is 9.95. The third-order valence-corrected chi connectivity index (χ3v) is 6.42. The number of ether oxygens (including phenoxy) is 1. The molecule has 0 aromatic heterocycles. The van der Waals surface area contributed by atoms with Crippen LogP contribution in [-0.2, 0) is 11.2 Å². The topological polar surface area (TPSA) is 123 Å². The number of carbonyl (C=O) groups is 3. The molecular formula is C28H39N5O5. The molecule has 0 fully saturated rings. The minimum Gasteiger partial charge on any atom is -0.488 e. The fourth-order valence-corrected chi connectivity index (χ4v) is 4.25. The van der Waals surface area contributed by atoms with E-state index in [2.05, 4.69) is 16.0 Å². The molecule has 206 valence electrons. The fourth-order valence-electron chi connectivity index (χ4n) is 4.25. The predicted octanol–water partition coefficient (Wildman–Crippen LogP) is 3.53. The van der Waals surface area contributed by atoms with Gasteiger partial charge in [-0.15, -0.1) is 0 Å². The lowest BCUT2D eigenvalue weighted by molar-refractivity contribution is -0.134. The second-order valence-electron chi connectivity index (χ2n) is 10.1. The molecule has 0 saturated heterocycles. The van der Waals surface area contributed by atoms with Crippen LogP contribution in [0.15, 0.2) is 48.5 Å². The first-order valence-corrected chi connectivity index (χ1v) is 12.9. The molecule has 2 aromatic rings. The zero-order valence-corrected chi connectivity index (χ0v) is 22.7. The molecule has 1 aliphatic rings. The molecule has 0 spiro atoms. The van der Waals surface area contributed by atoms with E-state index in [0.29, 0.717) is 35.8 Å². The number of hydrogen-bond donors (Lipinski definition) is 4. The van der Waals surface area contributed by atoms with E-state index in [4.69, 9.17) is 4.74 Å². The maximum atomic E-state index is 13.3. The van der Waals surface area contributed by atoms with Gasteiger partial charge in [0.15, 0.2) is 0 Å². The highest BCUT2D eigenvalue weighted by Gasteiger charge is 2.32. The van der Waals surface area contributed by atoms with E-state index < -0.39 is 12.1 Å². The number of fused-ring (bicyclic) bond motifs is 1. The van der Waals surface area contributed by atoms with Crippen LogP contribution in [-0.4, -0.2) is 77.8 Å². The third-order valence-electron chi connectivity index (χ3n) is 6.42. The lowest BCUT2D eigenvalue weighted by Crippen LogP contribution is -2.49. The number of para-hydroxylation sites is 1. The number of urea groups is 2. The SMILES string of the molecule is CC(C)NC(=O)N(C)C[C@H]1Oc2ccc(NC(=O)Nc3ccccc3)cc2CC(=O)N([C@@H](C)CO)C[C@H]1C. The van der Waals surface area contributed by atoms with Gasteiger partial charge in [-0.1, -0.05) is 25.1 Å². The van der Waals surface area contributed by atoms with Gasteiger partial charge in [0.05, 0.1) is 25.6 Å². The van der Waals surface area contributed by atoms with Gasteiger partial charge in [-0.2, -0.15) is 0 Å². The van der Waals surface area contributed by atoms with Gasteiger partial charge in [-0.3, -0.25) is 4.79 Å². The Morgan fingerprint density at radius 1 is 1.11 bits per heavy atom. The number of aliphatic hydroxyl groups excluding tert-OH is 1. The summed E-state index contributed by atoms with van der Waals surface area (Å²) in [6.45, 7) is 8.05. The molecule has 3 atom stereocenters. The van der Waals surface area contributed by atoms with Gasteiger partial charge in [0, 0.05) is 42.5 Å². The van der Waals surface area contributed by atoms with Crippen LogP contribution < -0.4 is 20.7 Å². The van der Waals surface area contributed by atoms with Crippen molar-refractivity contribution >= 4 is 29.3 Å². The van der Waals surface area contributed by atoms with Crippen LogP contribution in [0.3, 0.4) is 0 Å². The number of amides is 5. The number of carbonyl (C=O) groups excluding carboxylic acids is 3. The van der Waals surface area contributed by atoms with Crippen molar-refractivity contribution in [1.29, 1.82) is 0 Å². The van der Waals surface area contributed by atoms with E-state index in [-0.39, 0.29) is 43.0 Å². The highest BCUT2D eigenvalue weighted by Crippen LogP contribution is 2.29. The second-order valence-corrected chi connectivity index (χ2v) is 10.1. The molecule has 38 heavy (non-hydrogen) atoms. The van der Waals surface area contributed by atoms with Crippen molar-refractivity contribution in [1.82, 2.24) is 15.1 Å². The summed E-state index contributed by atoms with van der Waals surface area (Å²) in [4.78, 5) is 41.7. The first-order chi connectivity index (χ1) is 18.1. The van der Waals surface area contributed by atoms with Gasteiger partial charge in [0.2, 0.25) is 5.91 Å². The van der Waals surface area contributed by atoms with Gasteiger partial charge >= 0.3 is 12.1 Å². The Balaban J connectivity index is 1.87. The van der Waals surface area contributed by atoms with E-state index >= 15 is 0 Å². The maximum Gasteiger partial charge on any atom is 0.323 e. The van der Waals surface area contributed by atoms with E-state index in [0.717, 1.165) is 0 Å². The minimum absolute atomic E-state index is 0.00641. The summed E-state index contributed by atoms with van der Waals surface area (Å²) in [5.41, 5.74) is 1.77. The molecule has 2 aromatic carbocycles. The van der Waals surface area contributed by atoms with Crippen molar-refractivity contribution < 1.29 is 24.2 Å². The molecule has 1 heterocycles. The predicted molar refractivity (Wildman–Crippen MR) is 147 cm³/mol. The lowest BCUT2D eigenvalue weighted by atomic mass is 10.0. The third kappa shape index (κ3) is 7.85. The normalized spacial score (nSPS) is 18.3. The molecule has 0 bridgehead atoms. The fraction of sp³-hybridized carbons (Fsp3) is 0.464. The van der Waals surface area contributed by atoms with Crippen LogP contribution in [0, 0.1) is 5.92 Å². The van der Waals surface area contributed by atoms with Gasteiger partial charge in [0.1, 0.15) is 11.9 Å². The molecule has 1 aliphatic heterocycles. The van der Waals surface area contributed by atoms with Gasteiger partial charge < -0.3 is 35.6 Å². The molecule has 3 rings (SSSR count). The molecule has 0 unspecified atom stereocenters. The number of nitrogens with zero attached hydrogens (tertiary/aromatic N) is 2. The standard InChI is InChI=1S/C28H39N5O5/c1-18(2)29-28(37)32(5)16-25-19(3)15-33(20(4)17-34)26(35)14-21-13-23(11-12-24(21)38-25)31-27(36)30-22-9-7-6-8-10-22/h6-13,18-20,25,34H,14-17H2,1-5H3,(H,29,37)(H2,30,31,36)/t19-,20+,25-/m1/s1. The first-order valence-electron chi connectivity index (χ1n) is 12.9. The summed E-state index contributed by atoms with van der Waals surface area (Å²) in [5.74, 6) is 0.226. The quantitative estimate of drug-likeness (QED) is 0.440. The molecule has 10 heteroatoms. The first kappa shape index (κ1) is 28.8. The Hall–Kier alpha value is -3.79. The van der Waals surface area contributed by atoms with Gasteiger partial charge in [0.25, 0.3) is 0 Å². The van der Waals surface area contributed by atoms with E-state index in [9.17, 15) is 19.5 Å². The number of rotatable bonds is 7. The molecule has 0 aliphatic carbocycles. The van der Waals surface area contributed by atoms with Crippen LogP contribution in [0.25, 0.3) is 0 Å². The Morgan fingerprint density at radius 3 is 2.45 bits per heavy atom. The smallest absolute Gasteiger partial charge is 0.323 e. The van der Waals surface area contributed by atoms with E-state index in [1.807, 2.05) is 39.0 Å². The summed E-state index contributed by atoms with van der Waals surface area (Å²) in [7, 11) is 1.71. The largest absolute Gasteiger partial charge is 0.488 e. The number of nitrogens with one attached hydrogen (secondary N) is 3. The van der Waals surface area contributed by atoms with Crippen molar-refractivity contribution in [2.75, 3.05) is 37.4 Å². The van der Waals surface area contributed by atoms with Crippen molar-refractivity contribution in [3.05, 3.63) is 54.1 Å². The van der Waals surface area contributed by atoms with Gasteiger partial charge in [-0.25, -0.2) is 9.59 Å². The zero-order chi connectivity index (χ0) is 27.8. The average molecular weight is 526 g/mol. The number of likely N-dealkylation sites (N-methyl/N-ethyl adjacent to an activating group) is 1. The monoisotopic (exact) mass is 525 g/mol. The van der Waals surface area contributed by atoms with E-state index in [1.54, 1.807) is 54.1 Å². The highest BCUT2D eigenvalue weighted by atomic mass is 16.5. The van der Waals surface area contributed by atoms with Crippen molar-refractivity contribution in [3.8, 4) is 5.75 Å². The van der Waals surface area contributed by atoms with Crippen LogP contribution in [0.4, 0.5) is 21.0 Å². The summed E-state index contributed by atoms with van der Waals surface area (Å²) in [5, 5.41) is 18.3. The van der Waals surface area contributed by atoms with Crippen molar-refractivity contribution in [2.24, 2.45) is 5.92 Å². The van der Waals surface area contributed by atoms with Crippen LogP contribution >= 0.6 is 0 Å². The lowest BCUT2D eigenvalue weighted by Gasteiger charge is -2.34. The minimum atomic E-state index is -0.420. The van der Waals surface area contributed by atoms with Crippen LogP contribution in [0.2, 0.25) is 0 Å². The molecule has 10 nitrogen and oxygen atoms in total. The number of anilines is 2. The van der Waals surface area contributed by atoms with Crippen molar-refractivity contribution in [2.45, 2.75) is 52.3 Å². The summed E-state index contributed by atoms with van der Waals surface area (Å²) >= 11 is 0. The summed E-state index contributed by atoms with van der Waals surface area (Å²) < 4.78 is 6.43. The Bertz CT molecular complexity index is 1110. The maximum absolute atomic E-state index is 13.3. The summed E-state index contributed by atoms with van der Waals surface area (Å²) in [6.07, 6.45) is -0.380. The zero-order valence-electron chi connectivity index (χ0n) is 22.7. The second kappa shape index (κ2) is 13.1. The molecular weight excluding hydrogens is 486 g/mol. The molecule has 5 amide bonds.